The minimum absolute atomic E-state index is 0.654. The van der Waals surface area contributed by atoms with Crippen LogP contribution in [0.25, 0.3) is 0 Å². The first-order chi connectivity index (χ1) is 8.36. The van der Waals surface area contributed by atoms with E-state index in [-0.39, 0.29) is 0 Å². The topological polar surface area (TPSA) is 12.0 Å². The van der Waals surface area contributed by atoms with Gasteiger partial charge in [-0.1, -0.05) is 51.2 Å². The monoisotopic (exact) mass is 235 g/mol. The summed E-state index contributed by atoms with van der Waals surface area (Å²) >= 11 is 0. The fraction of sp³-hybridized carbons (Fsp3) is 0.875. The Kier molecular flexibility index (Phi) is 5.57. The zero-order chi connectivity index (χ0) is 11.9. The second kappa shape index (κ2) is 7.20. The van der Waals surface area contributed by atoms with Crippen molar-refractivity contribution >= 4 is 0 Å². The van der Waals surface area contributed by atoms with Gasteiger partial charge in [-0.15, -0.1) is 0 Å². The normalized spacial score (nSPS) is 37.8. The lowest BCUT2D eigenvalue weighted by Gasteiger charge is -2.28. The molecule has 0 saturated heterocycles. The minimum atomic E-state index is 0.654. The molecule has 1 N–H and O–H groups in total. The number of allylic oxidation sites excluding steroid dienone is 1. The van der Waals surface area contributed by atoms with Crippen LogP contribution in [0.1, 0.15) is 71.1 Å². The van der Waals surface area contributed by atoms with Gasteiger partial charge in [0.05, 0.1) is 0 Å². The molecule has 1 fully saturated rings. The first kappa shape index (κ1) is 13.1. The largest absolute Gasteiger partial charge is 0.308 e. The smallest absolute Gasteiger partial charge is 0.0252 e. The van der Waals surface area contributed by atoms with Crippen molar-refractivity contribution in [2.45, 2.75) is 83.2 Å². The molecule has 98 valence electrons. The van der Waals surface area contributed by atoms with Crippen LogP contribution in [0.3, 0.4) is 0 Å². The molecule has 2 aliphatic carbocycles. The highest BCUT2D eigenvalue weighted by molar-refractivity contribution is 4.96. The number of rotatable bonds is 2. The van der Waals surface area contributed by atoms with Gasteiger partial charge in [-0.2, -0.15) is 0 Å². The molecule has 2 aliphatic rings. The molecule has 3 atom stereocenters. The summed E-state index contributed by atoms with van der Waals surface area (Å²) in [5.41, 5.74) is 0. The molecule has 0 radical (unpaired) electrons. The van der Waals surface area contributed by atoms with Crippen molar-refractivity contribution < 1.29 is 0 Å². The van der Waals surface area contributed by atoms with Gasteiger partial charge in [0.1, 0.15) is 0 Å². The third kappa shape index (κ3) is 4.46. The Balaban J connectivity index is 1.86. The Morgan fingerprint density at radius 2 is 1.65 bits per heavy atom. The molecule has 3 unspecified atom stereocenters. The van der Waals surface area contributed by atoms with E-state index >= 15 is 0 Å². The summed E-state index contributed by atoms with van der Waals surface area (Å²) in [6.45, 7) is 2.44. The molecule has 1 saturated carbocycles. The molecule has 0 bridgehead atoms. The molecule has 0 spiro atoms. The van der Waals surface area contributed by atoms with Gasteiger partial charge >= 0.3 is 0 Å². The molecule has 0 amide bonds. The molecule has 1 nitrogen and oxygen atoms in total. The lowest BCUT2D eigenvalue weighted by Crippen LogP contribution is -2.41. The van der Waals surface area contributed by atoms with E-state index in [1.54, 1.807) is 0 Å². The van der Waals surface area contributed by atoms with Crippen molar-refractivity contribution in [3.63, 3.8) is 0 Å². The standard InChI is InChI=1S/C16H29N/c1-14-10-6-5-9-13-16(14)17-15-11-7-3-2-4-8-12-15/h7,11,14-17H,2-6,8-10,12-13H2,1H3/b11-7+. The quantitative estimate of drug-likeness (QED) is 0.551. The third-order valence-electron chi connectivity index (χ3n) is 4.54. The van der Waals surface area contributed by atoms with Crippen LogP contribution in [0.15, 0.2) is 12.2 Å². The summed E-state index contributed by atoms with van der Waals surface area (Å²) in [5, 5.41) is 3.93. The van der Waals surface area contributed by atoms with E-state index in [1.807, 2.05) is 0 Å². The van der Waals surface area contributed by atoms with Crippen LogP contribution in [-0.2, 0) is 0 Å². The van der Waals surface area contributed by atoms with Gasteiger partial charge in [-0.3, -0.25) is 0 Å². The fourth-order valence-corrected chi connectivity index (χ4v) is 3.31. The predicted octanol–water partition coefficient (Wildman–Crippen LogP) is 4.43. The number of hydrogen-bond acceptors (Lipinski definition) is 1. The van der Waals surface area contributed by atoms with E-state index < -0.39 is 0 Å². The van der Waals surface area contributed by atoms with E-state index in [2.05, 4.69) is 24.4 Å². The Morgan fingerprint density at radius 3 is 2.59 bits per heavy atom. The molecule has 1 heteroatoms. The van der Waals surface area contributed by atoms with Crippen molar-refractivity contribution in [1.82, 2.24) is 5.32 Å². The number of hydrogen-bond donors (Lipinski definition) is 1. The van der Waals surface area contributed by atoms with E-state index in [0.717, 1.165) is 12.0 Å². The van der Waals surface area contributed by atoms with Gasteiger partial charge in [-0.05, 0) is 38.0 Å². The van der Waals surface area contributed by atoms with E-state index in [0.29, 0.717) is 6.04 Å². The lowest BCUT2D eigenvalue weighted by molar-refractivity contribution is 0.328. The van der Waals surface area contributed by atoms with Gasteiger partial charge in [0, 0.05) is 12.1 Å². The molecular formula is C16H29N. The second-order valence-corrected chi connectivity index (χ2v) is 6.06. The zero-order valence-corrected chi connectivity index (χ0v) is 11.5. The Bertz CT molecular complexity index is 234. The molecule has 0 aliphatic heterocycles. The maximum absolute atomic E-state index is 3.93. The van der Waals surface area contributed by atoms with Crippen LogP contribution in [-0.4, -0.2) is 12.1 Å². The maximum Gasteiger partial charge on any atom is 0.0252 e. The van der Waals surface area contributed by atoms with Crippen molar-refractivity contribution in [1.29, 1.82) is 0 Å². The molecule has 2 rings (SSSR count). The maximum atomic E-state index is 3.93. The average molecular weight is 235 g/mol. The summed E-state index contributed by atoms with van der Waals surface area (Å²) in [7, 11) is 0. The summed E-state index contributed by atoms with van der Waals surface area (Å²) in [4.78, 5) is 0. The Hall–Kier alpha value is -0.300. The predicted molar refractivity (Wildman–Crippen MR) is 75.2 cm³/mol. The fourth-order valence-electron chi connectivity index (χ4n) is 3.31. The van der Waals surface area contributed by atoms with Crippen LogP contribution in [0, 0.1) is 5.92 Å². The molecule has 0 aromatic rings. The van der Waals surface area contributed by atoms with E-state index in [9.17, 15) is 0 Å². The summed E-state index contributed by atoms with van der Waals surface area (Å²) < 4.78 is 0. The molecule has 0 aromatic heterocycles. The lowest BCUT2D eigenvalue weighted by atomic mass is 9.94. The van der Waals surface area contributed by atoms with Crippen LogP contribution < -0.4 is 5.32 Å². The Labute approximate surface area is 107 Å². The van der Waals surface area contributed by atoms with Crippen molar-refractivity contribution in [2.75, 3.05) is 0 Å². The van der Waals surface area contributed by atoms with Gasteiger partial charge in [0.25, 0.3) is 0 Å². The SMILES string of the molecule is CC1CCCCCC1NC1/C=C/CCCCC1. The zero-order valence-electron chi connectivity index (χ0n) is 11.5. The van der Waals surface area contributed by atoms with Gasteiger partial charge < -0.3 is 5.32 Å². The second-order valence-electron chi connectivity index (χ2n) is 6.06. The van der Waals surface area contributed by atoms with Gasteiger partial charge in [-0.25, -0.2) is 0 Å². The Morgan fingerprint density at radius 1 is 0.882 bits per heavy atom. The minimum Gasteiger partial charge on any atom is -0.308 e. The first-order valence-corrected chi connectivity index (χ1v) is 7.79. The third-order valence-corrected chi connectivity index (χ3v) is 4.54. The molecule has 17 heavy (non-hydrogen) atoms. The summed E-state index contributed by atoms with van der Waals surface area (Å²) in [6.07, 6.45) is 18.8. The van der Waals surface area contributed by atoms with Gasteiger partial charge in [0.15, 0.2) is 0 Å². The van der Waals surface area contributed by atoms with Crippen LogP contribution in [0.4, 0.5) is 0 Å². The first-order valence-electron chi connectivity index (χ1n) is 7.79. The van der Waals surface area contributed by atoms with Crippen molar-refractivity contribution in [3.05, 3.63) is 12.2 Å². The van der Waals surface area contributed by atoms with Crippen molar-refractivity contribution in [3.8, 4) is 0 Å². The summed E-state index contributed by atoms with van der Waals surface area (Å²) in [6, 6.07) is 1.42. The highest BCUT2D eigenvalue weighted by atomic mass is 15.0. The molecule has 0 heterocycles. The van der Waals surface area contributed by atoms with Crippen LogP contribution >= 0.6 is 0 Å². The highest BCUT2D eigenvalue weighted by Gasteiger charge is 2.21. The highest BCUT2D eigenvalue weighted by Crippen LogP contribution is 2.24. The van der Waals surface area contributed by atoms with Crippen molar-refractivity contribution in [2.24, 2.45) is 5.92 Å². The van der Waals surface area contributed by atoms with E-state index in [1.165, 1.54) is 64.2 Å². The summed E-state index contributed by atoms with van der Waals surface area (Å²) in [5.74, 6) is 0.872. The van der Waals surface area contributed by atoms with Gasteiger partial charge in [0.2, 0.25) is 0 Å². The average Bonchev–Trinajstić information content (AvgIpc) is 2.48. The molecule has 0 aromatic carbocycles. The van der Waals surface area contributed by atoms with Crippen LogP contribution in [0.2, 0.25) is 0 Å². The van der Waals surface area contributed by atoms with Crippen LogP contribution in [0.5, 0.6) is 0 Å². The molecular weight excluding hydrogens is 206 g/mol. The van der Waals surface area contributed by atoms with E-state index in [4.69, 9.17) is 0 Å². The number of nitrogens with one attached hydrogen (secondary N) is 1.